The molecule has 3 heterocycles. The Hall–Kier alpha value is -3.40. The van der Waals surface area contributed by atoms with Crippen LogP contribution in [0.2, 0.25) is 0 Å². The minimum Gasteiger partial charge on any atom is -0.495 e. The van der Waals surface area contributed by atoms with Gasteiger partial charge in [-0.3, -0.25) is 9.59 Å². The molecule has 2 aliphatic heterocycles. The van der Waals surface area contributed by atoms with E-state index in [0.29, 0.717) is 46.9 Å². The van der Waals surface area contributed by atoms with Crippen molar-refractivity contribution < 1.29 is 14.3 Å². The third-order valence-corrected chi connectivity index (χ3v) is 8.56. The van der Waals surface area contributed by atoms with E-state index >= 15 is 0 Å². The van der Waals surface area contributed by atoms with E-state index in [9.17, 15) is 9.59 Å². The maximum absolute atomic E-state index is 13.1. The van der Waals surface area contributed by atoms with Gasteiger partial charge in [-0.1, -0.05) is 6.92 Å². The molecule has 10 heteroatoms. The van der Waals surface area contributed by atoms with Crippen molar-refractivity contribution in [1.82, 2.24) is 20.2 Å². The van der Waals surface area contributed by atoms with Crippen molar-refractivity contribution in [3.8, 4) is 5.75 Å². The van der Waals surface area contributed by atoms with Crippen LogP contribution in [0.25, 0.3) is 0 Å². The number of nitrogens with one attached hydrogen (secondary N) is 2. The summed E-state index contributed by atoms with van der Waals surface area (Å²) in [4.78, 5) is 41.4. The number of hydrogen-bond acceptors (Lipinski definition) is 8. The number of nitrogens with zero attached hydrogens (tertiary/aromatic N) is 5. The number of carbonyl (C=O) groups excluding carboxylic acids is 2. The number of aromatic nitrogens is 2. The molecule has 1 aromatic heterocycles. The van der Waals surface area contributed by atoms with Gasteiger partial charge in [-0.2, -0.15) is 4.98 Å². The van der Waals surface area contributed by atoms with Crippen LogP contribution in [-0.2, 0) is 4.79 Å². The first kappa shape index (κ1) is 27.2. The van der Waals surface area contributed by atoms with Gasteiger partial charge in [0.2, 0.25) is 11.9 Å². The number of likely N-dealkylation sites (tertiary alicyclic amines) is 1. The maximum atomic E-state index is 13.1. The molecule has 10 nitrogen and oxygen atoms in total. The zero-order valence-electron chi connectivity index (χ0n) is 23.9. The van der Waals surface area contributed by atoms with Crippen molar-refractivity contribution in [2.75, 3.05) is 49.4 Å². The van der Waals surface area contributed by atoms with Crippen molar-refractivity contribution in [2.45, 2.75) is 64.6 Å². The lowest BCUT2D eigenvalue weighted by Crippen LogP contribution is -2.54. The van der Waals surface area contributed by atoms with E-state index in [1.807, 2.05) is 13.0 Å². The highest BCUT2D eigenvalue weighted by Crippen LogP contribution is 2.39. The van der Waals surface area contributed by atoms with Crippen molar-refractivity contribution in [3.05, 3.63) is 30.0 Å². The van der Waals surface area contributed by atoms with E-state index < -0.39 is 0 Å². The van der Waals surface area contributed by atoms with E-state index in [4.69, 9.17) is 9.72 Å². The van der Waals surface area contributed by atoms with Gasteiger partial charge in [-0.15, -0.1) is 0 Å². The molecular weight excluding hydrogens is 494 g/mol. The van der Waals surface area contributed by atoms with E-state index in [-0.39, 0.29) is 29.9 Å². The lowest BCUT2D eigenvalue weighted by atomic mass is 9.89. The zero-order chi connectivity index (χ0) is 27.8. The fourth-order valence-corrected chi connectivity index (χ4v) is 6.55. The Balaban J connectivity index is 1.32. The van der Waals surface area contributed by atoms with E-state index in [2.05, 4.69) is 46.3 Å². The molecule has 0 bridgehead atoms. The van der Waals surface area contributed by atoms with E-state index in [1.165, 1.54) is 6.42 Å². The third-order valence-electron chi connectivity index (χ3n) is 8.56. The largest absolute Gasteiger partial charge is 0.495 e. The Morgan fingerprint density at radius 3 is 2.69 bits per heavy atom. The van der Waals surface area contributed by atoms with Gasteiger partial charge in [0.1, 0.15) is 17.5 Å². The standard InChI is InChI=1S/C29H41N7O3/c1-7-23-28(38)35(5)24-15-30-29(33-26(24)36(23)17(2)3)32-22-9-8-19(14-25(22)39-6)27(37)31-21-12-18-10-11-34(4)16-20(18)13-21/h8-9,14-15,17-18,20-21,23H,7,10-13,16H2,1-6H3,(H,31,37)(H,30,32,33)/t18-,20-,21+,23+/m0/s1. The lowest BCUT2D eigenvalue weighted by Gasteiger charge is -2.42. The molecule has 0 spiro atoms. The summed E-state index contributed by atoms with van der Waals surface area (Å²) in [5.74, 6) is 2.99. The fourth-order valence-electron chi connectivity index (χ4n) is 6.55. The molecule has 2 aromatic rings. The quantitative estimate of drug-likeness (QED) is 0.554. The van der Waals surface area contributed by atoms with Crippen LogP contribution in [-0.4, -0.2) is 79.1 Å². The Kier molecular flexibility index (Phi) is 7.66. The molecule has 1 saturated carbocycles. The molecular formula is C29H41N7O3. The number of anilines is 4. The molecule has 3 aliphatic rings. The molecule has 2 N–H and O–H groups in total. The van der Waals surface area contributed by atoms with Crippen molar-refractivity contribution >= 4 is 35.0 Å². The summed E-state index contributed by atoms with van der Waals surface area (Å²) < 4.78 is 5.64. The van der Waals surface area contributed by atoms with Gasteiger partial charge in [0.15, 0.2) is 5.82 Å². The number of methoxy groups -OCH3 is 1. The number of ether oxygens (including phenoxy) is 1. The molecule has 1 saturated heterocycles. The van der Waals surface area contributed by atoms with Crippen molar-refractivity contribution in [2.24, 2.45) is 11.8 Å². The molecule has 210 valence electrons. The highest BCUT2D eigenvalue weighted by atomic mass is 16.5. The normalized spacial score (nSPS) is 24.9. The van der Waals surface area contributed by atoms with Gasteiger partial charge in [0.25, 0.3) is 5.91 Å². The van der Waals surface area contributed by atoms with Crippen LogP contribution in [0.4, 0.5) is 23.1 Å². The monoisotopic (exact) mass is 535 g/mol. The van der Waals surface area contributed by atoms with Gasteiger partial charge >= 0.3 is 0 Å². The molecule has 0 radical (unpaired) electrons. The minimum atomic E-state index is -0.276. The molecule has 1 aliphatic carbocycles. The first-order chi connectivity index (χ1) is 18.7. The molecule has 5 rings (SSSR count). The van der Waals surface area contributed by atoms with Crippen molar-refractivity contribution in [3.63, 3.8) is 0 Å². The number of carbonyl (C=O) groups is 2. The molecule has 2 amide bonds. The highest BCUT2D eigenvalue weighted by molar-refractivity contribution is 6.04. The first-order valence-electron chi connectivity index (χ1n) is 14.1. The van der Waals surface area contributed by atoms with E-state index in [1.54, 1.807) is 37.4 Å². The summed E-state index contributed by atoms with van der Waals surface area (Å²) in [5.41, 5.74) is 1.90. The number of benzene rings is 1. The number of fused-ring (bicyclic) bond motifs is 2. The summed E-state index contributed by atoms with van der Waals surface area (Å²) >= 11 is 0. The number of hydrogen-bond donors (Lipinski definition) is 2. The first-order valence-corrected chi connectivity index (χ1v) is 14.1. The Bertz CT molecular complexity index is 1240. The fraction of sp³-hybridized carbons (Fsp3) is 0.586. The topological polar surface area (TPSA) is 103 Å². The molecule has 0 unspecified atom stereocenters. The molecule has 2 fully saturated rings. The van der Waals surface area contributed by atoms with Crippen LogP contribution >= 0.6 is 0 Å². The zero-order valence-corrected chi connectivity index (χ0v) is 23.9. The Morgan fingerprint density at radius 2 is 1.97 bits per heavy atom. The maximum Gasteiger partial charge on any atom is 0.251 e. The summed E-state index contributed by atoms with van der Waals surface area (Å²) in [7, 11) is 5.53. The van der Waals surface area contributed by atoms with Crippen LogP contribution in [0.3, 0.4) is 0 Å². The van der Waals surface area contributed by atoms with Crippen LogP contribution in [0, 0.1) is 11.8 Å². The van der Waals surface area contributed by atoms with Crippen LogP contribution in [0.5, 0.6) is 5.75 Å². The Morgan fingerprint density at radius 1 is 1.21 bits per heavy atom. The summed E-state index contributed by atoms with van der Waals surface area (Å²) in [6.45, 7) is 8.40. The summed E-state index contributed by atoms with van der Waals surface area (Å²) in [5, 5.41) is 6.51. The summed E-state index contributed by atoms with van der Waals surface area (Å²) in [6.07, 6.45) is 5.68. The molecule has 4 atom stereocenters. The van der Waals surface area contributed by atoms with Crippen LogP contribution < -0.4 is 25.2 Å². The lowest BCUT2D eigenvalue weighted by molar-refractivity contribution is -0.120. The third kappa shape index (κ3) is 5.26. The van der Waals surface area contributed by atoms with Gasteiger partial charge < -0.3 is 30.1 Å². The highest BCUT2D eigenvalue weighted by Gasteiger charge is 2.39. The smallest absolute Gasteiger partial charge is 0.251 e. The summed E-state index contributed by atoms with van der Waals surface area (Å²) in [6, 6.07) is 5.41. The predicted octanol–water partition coefficient (Wildman–Crippen LogP) is 3.66. The predicted molar refractivity (Wildman–Crippen MR) is 153 cm³/mol. The molecule has 39 heavy (non-hydrogen) atoms. The number of amides is 2. The number of piperidine rings is 1. The van der Waals surface area contributed by atoms with Gasteiger partial charge in [-0.05, 0) is 83.2 Å². The Labute approximate surface area is 231 Å². The SMILES string of the molecule is CC[C@@H]1C(=O)N(C)c2cnc(Nc3ccc(C(=O)N[C@@H]4C[C@@H]5CCN(C)C[C@@H]5C4)cc3OC)nc2N1C(C)C. The van der Waals surface area contributed by atoms with Crippen LogP contribution in [0.1, 0.15) is 56.8 Å². The average molecular weight is 536 g/mol. The van der Waals surface area contributed by atoms with E-state index in [0.717, 1.165) is 31.7 Å². The number of rotatable bonds is 7. The average Bonchev–Trinajstić information content (AvgIpc) is 3.31. The second-order valence-corrected chi connectivity index (χ2v) is 11.5. The second-order valence-electron chi connectivity index (χ2n) is 11.5. The minimum absolute atomic E-state index is 0.0437. The molecule has 1 aromatic carbocycles. The van der Waals surface area contributed by atoms with Gasteiger partial charge in [0.05, 0.1) is 19.0 Å². The van der Waals surface area contributed by atoms with Gasteiger partial charge in [0, 0.05) is 31.2 Å². The second kappa shape index (κ2) is 11.0. The van der Waals surface area contributed by atoms with Gasteiger partial charge in [-0.25, -0.2) is 4.98 Å². The van der Waals surface area contributed by atoms with Crippen LogP contribution in [0.15, 0.2) is 24.4 Å². The van der Waals surface area contributed by atoms with Crippen molar-refractivity contribution in [1.29, 1.82) is 0 Å². The number of likely N-dealkylation sites (N-methyl/N-ethyl adjacent to an activating group) is 1.